The monoisotopic (exact) mass is 417 g/mol. The highest BCUT2D eigenvalue weighted by Gasteiger charge is 2.18. The van der Waals surface area contributed by atoms with E-state index in [0.717, 1.165) is 23.6 Å². The van der Waals surface area contributed by atoms with Crippen molar-refractivity contribution in [3.63, 3.8) is 0 Å². The lowest BCUT2D eigenvalue weighted by atomic mass is 10.1. The molecule has 1 heterocycles. The number of benzene rings is 2. The van der Waals surface area contributed by atoms with Crippen LogP contribution in [0.2, 0.25) is 0 Å². The maximum atomic E-state index is 14.1. The summed E-state index contributed by atoms with van der Waals surface area (Å²) in [6.45, 7) is 2.38. The fourth-order valence-corrected chi connectivity index (χ4v) is 4.84. The van der Waals surface area contributed by atoms with Gasteiger partial charge in [0.25, 0.3) is 0 Å². The van der Waals surface area contributed by atoms with E-state index in [-0.39, 0.29) is 17.2 Å². The molecule has 0 amide bonds. The Kier molecular flexibility index (Phi) is 5.92. The van der Waals surface area contributed by atoms with E-state index < -0.39 is 15.7 Å². The average Bonchev–Trinajstić information content (AvgIpc) is 3.01. The molecule has 0 fully saturated rings. The van der Waals surface area contributed by atoms with Crippen LogP contribution in [0.3, 0.4) is 0 Å². The first-order valence-corrected chi connectivity index (χ1v) is 11.4. The van der Waals surface area contributed by atoms with Gasteiger partial charge in [-0.15, -0.1) is 11.3 Å². The second-order valence-electron chi connectivity index (χ2n) is 6.17. The molecule has 0 spiro atoms. The average molecular weight is 418 g/mol. The number of ether oxygens (including phenoxy) is 1. The first-order chi connectivity index (χ1) is 13.3. The van der Waals surface area contributed by atoms with Gasteiger partial charge in [-0.1, -0.05) is 37.0 Å². The number of nitrogens with one attached hydrogen (secondary N) is 1. The molecule has 0 saturated heterocycles. The Morgan fingerprint density at radius 2 is 2.00 bits per heavy atom. The molecule has 0 unspecified atom stereocenters. The maximum absolute atomic E-state index is 14.1. The molecule has 0 bridgehead atoms. The maximum Gasteiger partial charge on any atom is 0.178 e. The Morgan fingerprint density at radius 1 is 1.25 bits per heavy atom. The predicted molar refractivity (Wildman–Crippen MR) is 113 cm³/mol. The van der Waals surface area contributed by atoms with Crippen LogP contribution >= 0.6 is 11.3 Å². The zero-order valence-corrected chi connectivity index (χ0v) is 17.4. The number of anilines is 1. The zero-order chi connectivity index (χ0) is 20.3. The van der Waals surface area contributed by atoms with Crippen molar-refractivity contribution in [3.8, 4) is 17.6 Å². The van der Waals surface area contributed by atoms with Crippen molar-refractivity contribution in [3.05, 3.63) is 52.7 Å². The van der Waals surface area contributed by atoms with E-state index in [9.17, 15) is 12.8 Å². The number of thiophene rings is 1. The summed E-state index contributed by atoms with van der Waals surface area (Å²) in [4.78, 5) is 0.634. The summed E-state index contributed by atoms with van der Waals surface area (Å²) in [5.74, 6) is 5.67. The molecule has 0 saturated carbocycles. The van der Waals surface area contributed by atoms with Crippen molar-refractivity contribution in [1.29, 1.82) is 0 Å². The highest BCUT2D eigenvalue weighted by molar-refractivity contribution is 7.90. The third kappa shape index (κ3) is 4.13. The number of aryl methyl sites for hydroxylation is 1. The standard InChI is InChI=1S/C21H20FNO3S2/c1-4-14-15-8-5-6-9-20(15)27-19(14)10-7-11-23-17-12-16(22)21(28(3,24)25)13-18(17)26-2/h5-6,8-9,12-13,23H,4,11H2,1-3H3. The fourth-order valence-electron chi connectivity index (χ4n) is 2.94. The molecule has 4 nitrogen and oxygen atoms in total. The number of sulfone groups is 1. The van der Waals surface area contributed by atoms with Gasteiger partial charge >= 0.3 is 0 Å². The Balaban J connectivity index is 1.83. The summed E-state index contributed by atoms with van der Waals surface area (Å²) in [5.41, 5.74) is 1.59. The van der Waals surface area contributed by atoms with Gasteiger partial charge in [-0.25, -0.2) is 12.8 Å². The largest absolute Gasteiger partial charge is 0.495 e. The van der Waals surface area contributed by atoms with E-state index in [1.165, 1.54) is 28.8 Å². The van der Waals surface area contributed by atoms with E-state index in [0.29, 0.717) is 5.69 Å². The third-order valence-corrected chi connectivity index (χ3v) is 6.51. The number of rotatable bonds is 5. The minimum absolute atomic E-state index is 0.250. The van der Waals surface area contributed by atoms with E-state index in [1.54, 1.807) is 11.3 Å². The van der Waals surface area contributed by atoms with Crippen molar-refractivity contribution < 1.29 is 17.5 Å². The normalized spacial score (nSPS) is 11.1. The Hall–Kier alpha value is -2.56. The van der Waals surface area contributed by atoms with Gasteiger partial charge in [-0.05, 0) is 23.4 Å². The van der Waals surface area contributed by atoms with Gasteiger partial charge in [-0.3, -0.25) is 0 Å². The van der Waals surface area contributed by atoms with E-state index >= 15 is 0 Å². The topological polar surface area (TPSA) is 55.4 Å². The molecule has 0 atom stereocenters. The number of hydrogen-bond donors (Lipinski definition) is 1. The molecule has 0 aliphatic rings. The van der Waals surface area contributed by atoms with Crippen LogP contribution in [-0.4, -0.2) is 28.3 Å². The van der Waals surface area contributed by atoms with Gasteiger partial charge in [0.05, 0.1) is 24.2 Å². The van der Waals surface area contributed by atoms with E-state index in [1.807, 2.05) is 12.1 Å². The lowest BCUT2D eigenvalue weighted by Crippen LogP contribution is -2.06. The predicted octanol–water partition coefficient (Wildman–Crippen LogP) is 4.48. The van der Waals surface area contributed by atoms with Gasteiger partial charge < -0.3 is 10.1 Å². The Morgan fingerprint density at radius 3 is 2.68 bits per heavy atom. The van der Waals surface area contributed by atoms with Crippen LogP contribution < -0.4 is 10.1 Å². The summed E-state index contributed by atoms with van der Waals surface area (Å²) in [6, 6.07) is 10.5. The highest BCUT2D eigenvalue weighted by Crippen LogP contribution is 2.31. The first-order valence-electron chi connectivity index (χ1n) is 8.66. The molecule has 3 aromatic rings. The zero-order valence-electron chi connectivity index (χ0n) is 15.8. The molecular weight excluding hydrogens is 397 g/mol. The quantitative estimate of drug-likeness (QED) is 0.622. The van der Waals surface area contributed by atoms with Crippen LogP contribution in [0.1, 0.15) is 17.4 Å². The number of fused-ring (bicyclic) bond motifs is 1. The molecule has 7 heteroatoms. The molecule has 146 valence electrons. The van der Waals surface area contributed by atoms with Crippen LogP contribution in [-0.2, 0) is 16.3 Å². The lowest BCUT2D eigenvalue weighted by molar-refractivity contribution is 0.413. The van der Waals surface area contributed by atoms with Crippen LogP contribution in [0.25, 0.3) is 10.1 Å². The van der Waals surface area contributed by atoms with E-state index in [4.69, 9.17) is 4.74 Å². The van der Waals surface area contributed by atoms with E-state index in [2.05, 4.69) is 36.2 Å². The molecular formula is C21H20FNO3S2. The Bertz CT molecular complexity index is 1190. The highest BCUT2D eigenvalue weighted by atomic mass is 32.2. The molecule has 2 aromatic carbocycles. The van der Waals surface area contributed by atoms with Gasteiger partial charge in [0, 0.05) is 23.1 Å². The van der Waals surface area contributed by atoms with Crippen molar-refractivity contribution in [2.24, 2.45) is 0 Å². The lowest BCUT2D eigenvalue weighted by Gasteiger charge is -2.11. The number of halogens is 1. The van der Waals surface area contributed by atoms with Gasteiger partial charge in [0.15, 0.2) is 9.84 Å². The molecule has 0 radical (unpaired) electrons. The van der Waals surface area contributed by atoms with Gasteiger partial charge in [0.2, 0.25) is 0 Å². The van der Waals surface area contributed by atoms with Crippen LogP contribution in [0.4, 0.5) is 10.1 Å². The van der Waals surface area contributed by atoms with Crippen LogP contribution in [0.5, 0.6) is 5.75 Å². The van der Waals surface area contributed by atoms with Crippen LogP contribution in [0.15, 0.2) is 41.3 Å². The third-order valence-electron chi connectivity index (χ3n) is 4.27. The molecule has 0 aliphatic heterocycles. The fraction of sp³-hybridized carbons (Fsp3) is 0.238. The van der Waals surface area contributed by atoms with Crippen molar-refractivity contribution >= 4 is 36.9 Å². The summed E-state index contributed by atoms with van der Waals surface area (Å²) < 4.78 is 43.8. The molecule has 1 N–H and O–H groups in total. The van der Waals surface area contributed by atoms with Crippen LogP contribution in [0, 0.1) is 17.7 Å². The van der Waals surface area contributed by atoms with Crippen molar-refractivity contribution in [2.45, 2.75) is 18.2 Å². The summed E-state index contributed by atoms with van der Waals surface area (Å²) in [6.07, 6.45) is 1.85. The summed E-state index contributed by atoms with van der Waals surface area (Å²) in [7, 11) is -2.27. The summed E-state index contributed by atoms with van der Waals surface area (Å²) >= 11 is 1.66. The second kappa shape index (κ2) is 8.21. The minimum atomic E-state index is -3.67. The Labute approximate surface area is 168 Å². The number of methoxy groups -OCH3 is 1. The summed E-state index contributed by atoms with van der Waals surface area (Å²) in [5, 5.41) is 4.23. The molecule has 3 rings (SSSR count). The molecule has 28 heavy (non-hydrogen) atoms. The van der Waals surface area contributed by atoms with Crippen molar-refractivity contribution in [2.75, 3.05) is 25.2 Å². The SMILES string of the molecule is CCc1c(C#CCNc2cc(F)c(S(C)(=O)=O)cc2OC)sc2ccccc12. The molecule has 1 aromatic heterocycles. The molecule has 0 aliphatic carbocycles. The van der Waals surface area contributed by atoms with Gasteiger partial charge in [-0.2, -0.15) is 0 Å². The first kappa shape index (κ1) is 20.2. The smallest absolute Gasteiger partial charge is 0.178 e. The van der Waals surface area contributed by atoms with Crippen molar-refractivity contribution in [1.82, 2.24) is 0 Å². The van der Waals surface area contributed by atoms with Gasteiger partial charge in [0.1, 0.15) is 16.5 Å². The minimum Gasteiger partial charge on any atom is -0.495 e. The second-order valence-corrected chi connectivity index (χ2v) is 9.21. The number of hydrogen-bond acceptors (Lipinski definition) is 5.